The summed E-state index contributed by atoms with van der Waals surface area (Å²) in [6.07, 6.45) is -2.74. The van der Waals surface area contributed by atoms with E-state index in [0.717, 1.165) is 24.5 Å². The summed E-state index contributed by atoms with van der Waals surface area (Å²) in [5.41, 5.74) is 0.0565. The zero-order valence-electron chi connectivity index (χ0n) is 13.1. The maximum atomic E-state index is 12.9. The molecule has 0 aliphatic rings. The average molecular weight is 357 g/mol. The first-order valence-electron chi connectivity index (χ1n) is 7.48. The summed E-state index contributed by atoms with van der Waals surface area (Å²) in [7, 11) is -3.87. The summed E-state index contributed by atoms with van der Waals surface area (Å²) in [5, 5.41) is 0. The van der Waals surface area contributed by atoms with Crippen LogP contribution >= 0.6 is 0 Å². The standard InChI is InChI=1S/C17H18F3NO2S/c1-2-5-13-8-10-15(11-9-13)24(22,23)21-12-14-6-3-4-7-16(14)17(18,19)20/h3-4,6-11,21H,2,5,12H2,1H3. The maximum Gasteiger partial charge on any atom is 0.416 e. The summed E-state index contributed by atoms with van der Waals surface area (Å²) >= 11 is 0. The molecule has 0 spiro atoms. The highest BCUT2D eigenvalue weighted by Crippen LogP contribution is 2.31. The second-order valence-electron chi connectivity index (χ2n) is 5.37. The van der Waals surface area contributed by atoms with Crippen molar-refractivity contribution in [2.45, 2.75) is 37.4 Å². The minimum Gasteiger partial charge on any atom is -0.207 e. The van der Waals surface area contributed by atoms with Gasteiger partial charge in [-0.2, -0.15) is 13.2 Å². The number of rotatable bonds is 6. The Labute approximate surface area is 139 Å². The molecule has 130 valence electrons. The van der Waals surface area contributed by atoms with Gasteiger partial charge in [0.05, 0.1) is 10.5 Å². The van der Waals surface area contributed by atoms with Gasteiger partial charge in [-0.05, 0) is 35.7 Å². The van der Waals surface area contributed by atoms with E-state index < -0.39 is 28.3 Å². The molecule has 7 heteroatoms. The molecule has 0 aliphatic carbocycles. The monoisotopic (exact) mass is 357 g/mol. The summed E-state index contributed by atoms with van der Waals surface area (Å²) in [6.45, 7) is 1.60. The molecule has 3 nitrogen and oxygen atoms in total. The Hall–Kier alpha value is -1.86. The van der Waals surface area contributed by atoms with Crippen molar-refractivity contribution >= 4 is 10.0 Å². The van der Waals surface area contributed by atoms with Crippen molar-refractivity contribution in [3.05, 3.63) is 65.2 Å². The Morgan fingerprint density at radius 2 is 1.62 bits per heavy atom. The first-order chi connectivity index (χ1) is 11.2. The lowest BCUT2D eigenvalue weighted by atomic mass is 10.1. The number of alkyl halides is 3. The third-order valence-electron chi connectivity index (χ3n) is 3.55. The summed E-state index contributed by atoms with van der Waals surface area (Å²) < 4.78 is 65.5. The highest BCUT2D eigenvalue weighted by molar-refractivity contribution is 7.89. The molecule has 0 amide bonds. The van der Waals surface area contributed by atoms with Crippen molar-refractivity contribution in [2.75, 3.05) is 0 Å². The fraction of sp³-hybridized carbons (Fsp3) is 0.294. The van der Waals surface area contributed by atoms with Crippen LogP contribution in [0.25, 0.3) is 0 Å². The van der Waals surface area contributed by atoms with Crippen molar-refractivity contribution in [1.29, 1.82) is 0 Å². The highest BCUT2D eigenvalue weighted by Gasteiger charge is 2.33. The minimum absolute atomic E-state index is 0.0341. The van der Waals surface area contributed by atoms with E-state index in [4.69, 9.17) is 0 Å². The number of sulfonamides is 1. The second kappa shape index (κ2) is 7.36. The average Bonchev–Trinajstić information content (AvgIpc) is 2.53. The van der Waals surface area contributed by atoms with Crippen molar-refractivity contribution in [1.82, 2.24) is 4.72 Å². The minimum atomic E-state index is -4.52. The fourth-order valence-corrected chi connectivity index (χ4v) is 3.34. The van der Waals surface area contributed by atoms with E-state index in [1.165, 1.54) is 30.3 Å². The second-order valence-corrected chi connectivity index (χ2v) is 7.14. The Morgan fingerprint density at radius 1 is 1.00 bits per heavy atom. The third-order valence-corrected chi connectivity index (χ3v) is 4.96. The van der Waals surface area contributed by atoms with Gasteiger partial charge in [0, 0.05) is 6.54 Å². The molecular formula is C17H18F3NO2S. The first kappa shape index (κ1) is 18.5. The van der Waals surface area contributed by atoms with E-state index in [-0.39, 0.29) is 10.5 Å². The van der Waals surface area contributed by atoms with E-state index in [9.17, 15) is 21.6 Å². The molecule has 0 saturated heterocycles. The van der Waals surface area contributed by atoms with Crippen LogP contribution in [-0.2, 0) is 29.2 Å². The van der Waals surface area contributed by atoms with Crippen molar-refractivity contribution in [2.24, 2.45) is 0 Å². The predicted molar refractivity (Wildman–Crippen MR) is 85.9 cm³/mol. The topological polar surface area (TPSA) is 46.2 Å². The van der Waals surface area contributed by atoms with Crippen LogP contribution in [0.3, 0.4) is 0 Å². The Balaban J connectivity index is 2.16. The van der Waals surface area contributed by atoms with E-state index >= 15 is 0 Å². The first-order valence-corrected chi connectivity index (χ1v) is 8.96. The number of aryl methyl sites for hydroxylation is 1. The van der Waals surface area contributed by atoms with Crippen LogP contribution < -0.4 is 4.72 Å². The van der Waals surface area contributed by atoms with Crippen LogP contribution in [0.1, 0.15) is 30.0 Å². The lowest BCUT2D eigenvalue weighted by molar-refractivity contribution is -0.138. The van der Waals surface area contributed by atoms with Gasteiger partial charge in [0.15, 0.2) is 0 Å². The molecule has 2 aromatic carbocycles. The molecule has 0 fully saturated rings. The number of nitrogens with one attached hydrogen (secondary N) is 1. The molecule has 0 bridgehead atoms. The number of hydrogen-bond acceptors (Lipinski definition) is 2. The molecule has 0 unspecified atom stereocenters. The van der Waals surface area contributed by atoms with Gasteiger partial charge in [-0.25, -0.2) is 13.1 Å². The van der Waals surface area contributed by atoms with Crippen LogP contribution in [-0.4, -0.2) is 8.42 Å². The van der Waals surface area contributed by atoms with E-state index in [1.807, 2.05) is 6.92 Å². The van der Waals surface area contributed by atoms with Crippen molar-refractivity contribution in [3.63, 3.8) is 0 Å². The summed E-state index contributed by atoms with van der Waals surface area (Å²) in [5.74, 6) is 0. The molecule has 0 heterocycles. The van der Waals surface area contributed by atoms with Gasteiger partial charge in [-0.15, -0.1) is 0 Å². The Bertz CT molecular complexity index is 784. The molecule has 1 N–H and O–H groups in total. The quantitative estimate of drug-likeness (QED) is 0.845. The molecule has 0 aliphatic heterocycles. The van der Waals surface area contributed by atoms with Gasteiger partial charge in [-0.3, -0.25) is 0 Å². The lowest BCUT2D eigenvalue weighted by Crippen LogP contribution is -2.24. The van der Waals surface area contributed by atoms with Crippen LogP contribution in [0.2, 0.25) is 0 Å². The van der Waals surface area contributed by atoms with Crippen LogP contribution in [0.5, 0.6) is 0 Å². The van der Waals surface area contributed by atoms with Gasteiger partial charge >= 0.3 is 6.18 Å². The molecule has 0 atom stereocenters. The molecule has 0 aromatic heterocycles. The van der Waals surface area contributed by atoms with E-state index in [0.29, 0.717) is 0 Å². The highest BCUT2D eigenvalue weighted by atomic mass is 32.2. The molecule has 2 rings (SSSR count). The number of halogens is 3. The van der Waals surface area contributed by atoms with Crippen LogP contribution in [0, 0.1) is 0 Å². The molecule has 0 saturated carbocycles. The SMILES string of the molecule is CCCc1ccc(S(=O)(=O)NCc2ccccc2C(F)(F)F)cc1. The summed E-state index contributed by atoms with van der Waals surface area (Å²) in [4.78, 5) is 0.0341. The largest absolute Gasteiger partial charge is 0.416 e. The van der Waals surface area contributed by atoms with Crippen LogP contribution in [0.15, 0.2) is 53.4 Å². The van der Waals surface area contributed by atoms with E-state index in [1.54, 1.807) is 12.1 Å². The van der Waals surface area contributed by atoms with Crippen LogP contribution in [0.4, 0.5) is 13.2 Å². The van der Waals surface area contributed by atoms with Gasteiger partial charge in [0.1, 0.15) is 0 Å². The van der Waals surface area contributed by atoms with Gasteiger partial charge in [-0.1, -0.05) is 43.7 Å². The Kier molecular flexibility index (Phi) is 5.66. The zero-order valence-corrected chi connectivity index (χ0v) is 13.9. The van der Waals surface area contributed by atoms with Crippen molar-refractivity contribution in [3.8, 4) is 0 Å². The van der Waals surface area contributed by atoms with Crippen molar-refractivity contribution < 1.29 is 21.6 Å². The molecular weight excluding hydrogens is 339 g/mol. The normalized spacial score (nSPS) is 12.3. The smallest absolute Gasteiger partial charge is 0.207 e. The number of benzene rings is 2. The lowest BCUT2D eigenvalue weighted by Gasteiger charge is -2.13. The fourth-order valence-electron chi connectivity index (χ4n) is 2.33. The zero-order chi connectivity index (χ0) is 17.8. The van der Waals surface area contributed by atoms with E-state index in [2.05, 4.69) is 4.72 Å². The van der Waals surface area contributed by atoms with Gasteiger partial charge < -0.3 is 0 Å². The molecule has 24 heavy (non-hydrogen) atoms. The molecule has 2 aromatic rings. The Morgan fingerprint density at radius 3 is 2.21 bits per heavy atom. The number of hydrogen-bond donors (Lipinski definition) is 1. The molecule has 0 radical (unpaired) electrons. The maximum absolute atomic E-state index is 12.9. The summed E-state index contributed by atoms with van der Waals surface area (Å²) in [6, 6.07) is 11.2. The van der Waals surface area contributed by atoms with Gasteiger partial charge in [0.2, 0.25) is 10.0 Å². The van der Waals surface area contributed by atoms with Gasteiger partial charge in [0.25, 0.3) is 0 Å². The predicted octanol–water partition coefficient (Wildman–Crippen LogP) is 4.14. The third kappa shape index (κ3) is 4.58.